The normalized spacial score (nSPS) is 18.8. The van der Waals surface area contributed by atoms with Gasteiger partial charge in [-0.05, 0) is 205 Å². The number of benzene rings is 4. The molecule has 120 heavy (non-hydrogen) atoms. The van der Waals surface area contributed by atoms with Crippen LogP contribution in [0.5, 0.6) is 0 Å². The number of rotatable bonds is 28. The van der Waals surface area contributed by atoms with E-state index in [-0.39, 0.29) is 40.3 Å². The van der Waals surface area contributed by atoms with E-state index in [1.807, 2.05) is 0 Å². The molecule has 28 heteroatoms. The molecule has 0 spiro atoms. The van der Waals surface area contributed by atoms with E-state index in [2.05, 4.69) is 412 Å². The third-order valence-corrected chi connectivity index (χ3v) is 91.4. The van der Waals surface area contributed by atoms with Crippen molar-refractivity contribution in [1.29, 1.82) is 0 Å². The van der Waals surface area contributed by atoms with Gasteiger partial charge in [-0.2, -0.15) is 0 Å². The van der Waals surface area contributed by atoms with Crippen molar-refractivity contribution in [3.05, 3.63) is 188 Å². The summed E-state index contributed by atoms with van der Waals surface area (Å²) in [7, 11) is -31.8. The lowest BCUT2D eigenvalue weighted by Gasteiger charge is -2.45. The van der Waals surface area contributed by atoms with Crippen molar-refractivity contribution >= 4 is 208 Å². The van der Waals surface area contributed by atoms with Crippen LogP contribution in [0.2, 0.25) is 145 Å². The highest BCUT2D eigenvalue weighted by Gasteiger charge is 2.56. The van der Waals surface area contributed by atoms with E-state index in [0.29, 0.717) is 0 Å². The maximum atomic E-state index is 7.77. The maximum absolute atomic E-state index is 7.77. The number of nitrogens with one attached hydrogen (secondary N) is 4. The lowest BCUT2D eigenvalue weighted by Crippen LogP contribution is -2.63. The molecule has 4 aromatic carbocycles. The molecule has 0 aliphatic carbocycles. The van der Waals surface area contributed by atoms with Crippen LogP contribution in [0.1, 0.15) is 211 Å². The van der Waals surface area contributed by atoms with E-state index < -0.39 is 145 Å². The molecule has 5 heterocycles. The molecule has 0 amide bonds. The van der Waals surface area contributed by atoms with Crippen LogP contribution < -0.4 is 62.9 Å². The third kappa shape index (κ3) is 17.8. The average molecular weight is 1900 g/mol. The number of hydrogen-bond donors (Lipinski definition) is 4. The lowest BCUT2D eigenvalue weighted by atomic mass is 10.0. The number of H-pyrrole nitrogens is 4. The molecule has 8 atom stereocenters. The molecular weight excluding hydrogens is 1740 g/mol. The van der Waals surface area contributed by atoms with Crippen molar-refractivity contribution in [3.63, 3.8) is 0 Å². The van der Waals surface area contributed by atoms with Crippen molar-refractivity contribution in [2.45, 2.75) is 311 Å². The summed E-state index contributed by atoms with van der Waals surface area (Å²) in [5.41, 5.74) is 13.4. The minimum atomic E-state index is -2.99. The molecule has 0 saturated carbocycles. The zero-order chi connectivity index (χ0) is 90.1. The molecule has 1 aliphatic heterocycles. The van der Waals surface area contributed by atoms with Crippen molar-refractivity contribution in [2.24, 2.45) is 0 Å². The topological polar surface area (TPSA) is 137 Å². The fraction of sp³-hybridized carbons (Fsp3) is 0.522. The van der Waals surface area contributed by atoms with Gasteiger partial charge in [-0.25, -0.2) is 0 Å². The summed E-state index contributed by atoms with van der Waals surface area (Å²) in [5.74, 6) is 0. The minimum absolute atomic E-state index is 0.226. The van der Waals surface area contributed by atoms with Gasteiger partial charge in [-0.1, -0.05) is 291 Å². The molecule has 0 radical (unpaired) electrons. The van der Waals surface area contributed by atoms with E-state index in [1.165, 1.54) is 63.7 Å². The highest BCUT2D eigenvalue weighted by atomic mass is 28.4. The molecule has 8 unspecified atom stereocenters. The van der Waals surface area contributed by atoms with Gasteiger partial charge in [0.25, 0.3) is 0 Å². The van der Waals surface area contributed by atoms with Crippen LogP contribution in [0, 0.1) is 0 Å². The molecule has 9 rings (SSSR count). The Kier molecular flexibility index (Phi) is 30.4. The van der Waals surface area contributed by atoms with Crippen LogP contribution in [0.25, 0.3) is 22.3 Å². The van der Waals surface area contributed by atoms with E-state index in [0.717, 1.165) is 66.5 Å². The van der Waals surface area contributed by atoms with E-state index in [1.54, 1.807) is 0 Å². The van der Waals surface area contributed by atoms with Gasteiger partial charge in [0.15, 0.2) is 0 Å². The van der Waals surface area contributed by atoms with Crippen LogP contribution in [-0.4, -0.2) is 165 Å². The first kappa shape index (κ1) is 100. The summed E-state index contributed by atoms with van der Waals surface area (Å²) in [5, 5.41) is 12.7. The Morgan fingerprint density at radius 2 is 0.317 bits per heavy atom. The van der Waals surface area contributed by atoms with Gasteiger partial charge >= 0.3 is 0 Å². The van der Waals surface area contributed by atoms with E-state index >= 15 is 0 Å². The van der Waals surface area contributed by atoms with Gasteiger partial charge in [-0.15, -0.1) is 0 Å². The van der Waals surface area contributed by atoms with Gasteiger partial charge < -0.3 is 52.9 Å². The Hall–Kier alpha value is -3.37. The number of fused-ring (bicyclic) bond motifs is 8. The molecule has 12 nitrogen and oxygen atoms in total. The zero-order valence-electron chi connectivity index (χ0n) is 82.5. The molecule has 660 valence electrons. The number of hydrogen-bond acceptors (Lipinski definition) is 8. The third-order valence-electron chi connectivity index (χ3n) is 29.2. The summed E-state index contributed by atoms with van der Waals surface area (Å²) in [4.78, 5) is 18.3. The maximum Gasteiger partial charge on any atom is 0.214 e. The monoisotopic (exact) mass is 1900 g/mol. The molecule has 0 fully saturated rings. The molecule has 8 bridgehead atoms. The highest BCUT2D eigenvalue weighted by Crippen LogP contribution is 2.48. The zero-order valence-corrected chi connectivity index (χ0v) is 102. The smallest absolute Gasteiger partial charge is 0.214 e. The highest BCUT2D eigenvalue weighted by molar-refractivity contribution is 6.98. The Morgan fingerprint density at radius 1 is 0.192 bits per heavy atom. The fourth-order valence-electron chi connectivity index (χ4n) is 18.8. The standard InChI is InChI=1S/C92H160N4O8Si16/c1-85(2,3)113(33,97-105-25)69-45-41-46-70(114(34,98-106-26)86(4,5)6)81(69)77-61-53-55-63(93-61)78(82-71(115(35,99-107-27)87(7,8)9)47-42-48-72(82)116(36,100-108-28)88(10,11)12)65-57-59-67(95-65)80(84-75(119(39,103-111-31)91(19,20)21)51-44-52-76(84)120(40,104-112-32)92(22,23)24)68-60-58-66(96-68)79(64-56-54-62(77)94-64)83-73(117(37,101-109-29)89(13,14)15)49-43-50-74(83)118(38,102-110-30)90(16,17)18/h41-60,93-96H,105-112H2,1-40H3. The molecule has 4 N–H and O–H groups in total. The van der Waals surface area contributed by atoms with Crippen molar-refractivity contribution in [2.75, 3.05) is 0 Å². The van der Waals surface area contributed by atoms with Crippen LogP contribution in [-0.2, 0) is 32.9 Å². The lowest BCUT2D eigenvalue weighted by molar-refractivity contribution is 0.526. The van der Waals surface area contributed by atoms with Crippen LogP contribution >= 0.6 is 0 Å². The van der Waals surface area contributed by atoms with Gasteiger partial charge in [0, 0.05) is 66.5 Å². The Bertz CT molecular complexity index is 4450. The predicted molar refractivity (Wildman–Crippen MR) is 566 cm³/mol. The average Bonchev–Trinajstić information content (AvgIpc) is 1.36. The second-order valence-electron chi connectivity index (χ2n) is 43.3. The van der Waals surface area contributed by atoms with Gasteiger partial charge in [0.05, 0.1) is 0 Å². The van der Waals surface area contributed by atoms with E-state index in [9.17, 15) is 0 Å². The summed E-state index contributed by atoms with van der Waals surface area (Å²) in [6, 6.07) is 48.8. The quantitative estimate of drug-likeness (QED) is 0.0356. The molecule has 1 aliphatic rings. The summed E-state index contributed by atoms with van der Waals surface area (Å²) < 4.78 is 62.2. The summed E-state index contributed by atoms with van der Waals surface area (Å²) in [6.07, 6.45) is 0. The largest absolute Gasteiger partial charge is 0.457 e. The first-order valence-electron chi connectivity index (χ1n) is 45.2. The summed E-state index contributed by atoms with van der Waals surface area (Å²) in [6.45, 7) is 97.5. The van der Waals surface area contributed by atoms with Crippen LogP contribution in [0.15, 0.2) is 121 Å². The van der Waals surface area contributed by atoms with Crippen molar-refractivity contribution < 1.29 is 32.9 Å². The van der Waals surface area contributed by atoms with Gasteiger partial charge in [0.1, 0.15) is 78.1 Å². The van der Waals surface area contributed by atoms with Gasteiger partial charge in [-0.3, -0.25) is 0 Å². The van der Waals surface area contributed by atoms with E-state index in [4.69, 9.17) is 32.9 Å². The Labute approximate surface area is 753 Å². The molecular formula is C92H160N4O8Si16. The second kappa shape index (κ2) is 36.3. The fourth-order valence-corrected chi connectivity index (χ4v) is 72.2. The minimum Gasteiger partial charge on any atom is -0.457 e. The van der Waals surface area contributed by atoms with Crippen LogP contribution in [0.3, 0.4) is 0 Å². The van der Waals surface area contributed by atoms with Gasteiger partial charge in [0.2, 0.25) is 66.5 Å². The summed E-state index contributed by atoms with van der Waals surface area (Å²) >= 11 is 0. The molecule has 8 aromatic rings. The molecule has 4 aromatic heterocycles. The van der Waals surface area contributed by atoms with Crippen molar-refractivity contribution in [3.8, 4) is 0 Å². The Balaban J connectivity index is 1.82. The predicted octanol–water partition coefficient (Wildman–Crippen LogP) is 12.1. The second-order valence-corrected chi connectivity index (χ2v) is 90.0. The first-order chi connectivity index (χ1) is 55.3. The molecule has 0 saturated heterocycles. The Morgan fingerprint density at radius 3 is 0.425 bits per heavy atom. The van der Waals surface area contributed by atoms with Crippen LogP contribution in [0.4, 0.5) is 0 Å². The first-order valence-corrected chi connectivity index (χ1v) is 80.4. The number of aromatic nitrogens is 4. The van der Waals surface area contributed by atoms with Crippen molar-refractivity contribution in [1.82, 2.24) is 19.9 Å². The number of aromatic amines is 4. The SMILES string of the molecule is C[SiH2]O[Si](C)(c1cccc([Si](C)(O[SiH2]C)C(C)(C)C)c1C1=c2ccc([nH]2)=C(c2c([Si](C)(O[SiH2]C)C(C)(C)C)cccc2[Si](C)(O[SiH2]C)C(C)(C)C)c2ccc([nH]2)C(c2c([Si](C)(O[SiH2]C)C(C)(C)C)cccc2[Si](C)(O[SiH2]C)C(C)(C)C)=c2ccc([nH]2)=C(c2c([Si](C)(O[SiH2]C)C(C)(C)C)cccc2[Si](C)(O[SiH2]C)C(C)(C)C)c2ccc1[nH]2)C(C)(C)C.